The van der Waals surface area contributed by atoms with Crippen LogP contribution in [0.3, 0.4) is 0 Å². The lowest BCUT2D eigenvalue weighted by atomic mass is 9.72. The Balaban J connectivity index is 1.60. The molecule has 20 heavy (non-hydrogen) atoms. The van der Waals surface area contributed by atoms with Gasteiger partial charge in [-0.05, 0) is 43.0 Å². The molecule has 1 aromatic rings. The molecule has 1 spiro atoms. The van der Waals surface area contributed by atoms with E-state index < -0.39 is 11.7 Å². The topological polar surface area (TPSA) is 15.3 Å². The lowest BCUT2D eigenvalue weighted by Gasteiger charge is -2.52. The molecule has 0 saturated carbocycles. The van der Waals surface area contributed by atoms with Gasteiger partial charge < -0.3 is 5.32 Å². The van der Waals surface area contributed by atoms with Gasteiger partial charge in [0.05, 0.1) is 5.56 Å². The molecule has 1 aromatic carbocycles. The van der Waals surface area contributed by atoms with Gasteiger partial charge in [-0.2, -0.15) is 13.2 Å². The van der Waals surface area contributed by atoms with Crippen molar-refractivity contribution in [3.05, 3.63) is 35.4 Å². The Kier molecular flexibility index (Phi) is 3.50. The molecule has 0 amide bonds. The van der Waals surface area contributed by atoms with E-state index in [-0.39, 0.29) is 0 Å². The predicted molar refractivity (Wildman–Crippen MR) is 71.3 cm³/mol. The molecule has 3 rings (SSSR count). The van der Waals surface area contributed by atoms with E-state index in [1.807, 2.05) is 0 Å². The molecule has 0 atom stereocenters. The number of hydrogen-bond donors (Lipinski definition) is 1. The maximum atomic E-state index is 12.7. The largest absolute Gasteiger partial charge is 0.416 e. The molecule has 1 N–H and O–H groups in total. The van der Waals surface area contributed by atoms with Gasteiger partial charge in [0.1, 0.15) is 0 Å². The van der Waals surface area contributed by atoms with Crippen LogP contribution in [0.25, 0.3) is 0 Å². The molecule has 0 radical (unpaired) electrons. The number of likely N-dealkylation sites (tertiary alicyclic amines) is 1. The van der Waals surface area contributed by atoms with Gasteiger partial charge in [-0.3, -0.25) is 4.90 Å². The van der Waals surface area contributed by atoms with Gasteiger partial charge in [0.15, 0.2) is 0 Å². The average molecular weight is 284 g/mol. The summed E-state index contributed by atoms with van der Waals surface area (Å²) in [6.07, 6.45) is -1.88. The minimum atomic E-state index is -4.25. The summed E-state index contributed by atoms with van der Waals surface area (Å²) in [4.78, 5) is 2.25. The zero-order valence-electron chi connectivity index (χ0n) is 11.3. The molecule has 0 aliphatic carbocycles. The van der Waals surface area contributed by atoms with Crippen LogP contribution in [0.1, 0.15) is 24.0 Å². The Morgan fingerprint density at radius 2 is 1.85 bits per heavy atom. The first kappa shape index (κ1) is 13.9. The molecular formula is C15H19F3N2. The standard InChI is InChI=1S/C15H19F3N2/c16-15(17,18)13-3-1-2-12(8-13)9-20-10-14(11-20)4-6-19-7-5-14/h1-3,8,19H,4-7,9-11H2. The number of halogens is 3. The maximum absolute atomic E-state index is 12.7. The summed E-state index contributed by atoms with van der Waals surface area (Å²) < 4.78 is 38.0. The normalized spacial score (nSPS) is 22.8. The summed E-state index contributed by atoms with van der Waals surface area (Å²) in [6, 6.07) is 5.68. The highest BCUT2D eigenvalue weighted by atomic mass is 19.4. The molecule has 5 heteroatoms. The molecule has 2 saturated heterocycles. The van der Waals surface area contributed by atoms with Crippen LogP contribution in [0, 0.1) is 5.41 Å². The zero-order chi connectivity index (χ0) is 14.2. The molecule has 2 heterocycles. The molecule has 2 nitrogen and oxygen atoms in total. The van der Waals surface area contributed by atoms with Crippen LogP contribution in [0.2, 0.25) is 0 Å². The van der Waals surface area contributed by atoms with Crippen molar-refractivity contribution in [3.8, 4) is 0 Å². The fraction of sp³-hybridized carbons (Fsp3) is 0.600. The van der Waals surface area contributed by atoms with E-state index in [0.29, 0.717) is 12.0 Å². The average Bonchev–Trinajstić information content (AvgIpc) is 2.37. The van der Waals surface area contributed by atoms with Crippen LogP contribution in [0.5, 0.6) is 0 Å². The summed E-state index contributed by atoms with van der Waals surface area (Å²) in [5.41, 5.74) is 0.628. The van der Waals surface area contributed by atoms with E-state index in [0.717, 1.165) is 37.8 Å². The molecule has 2 aliphatic heterocycles. The van der Waals surface area contributed by atoms with Crippen LogP contribution in [-0.4, -0.2) is 31.1 Å². The van der Waals surface area contributed by atoms with E-state index in [1.54, 1.807) is 6.07 Å². The summed E-state index contributed by atoms with van der Waals surface area (Å²) in [6.45, 7) is 4.80. The highest BCUT2D eigenvalue weighted by molar-refractivity contribution is 5.26. The second kappa shape index (κ2) is 5.04. The first-order chi connectivity index (χ1) is 9.47. The number of piperidine rings is 1. The third-order valence-corrected chi connectivity index (χ3v) is 4.44. The van der Waals surface area contributed by atoms with Gasteiger partial charge in [-0.25, -0.2) is 0 Å². The van der Waals surface area contributed by atoms with E-state index >= 15 is 0 Å². The highest BCUT2D eigenvalue weighted by Crippen LogP contribution is 2.39. The first-order valence-corrected chi connectivity index (χ1v) is 7.06. The van der Waals surface area contributed by atoms with Crippen molar-refractivity contribution in [2.24, 2.45) is 5.41 Å². The summed E-state index contributed by atoms with van der Waals surface area (Å²) in [7, 11) is 0. The maximum Gasteiger partial charge on any atom is 0.416 e. The number of rotatable bonds is 2. The van der Waals surface area contributed by atoms with Crippen LogP contribution >= 0.6 is 0 Å². The highest BCUT2D eigenvalue weighted by Gasteiger charge is 2.43. The second-order valence-electron chi connectivity index (χ2n) is 6.09. The quantitative estimate of drug-likeness (QED) is 0.898. The van der Waals surface area contributed by atoms with Crippen molar-refractivity contribution >= 4 is 0 Å². The number of benzene rings is 1. The molecule has 0 bridgehead atoms. The third-order valence-electron chi connectivity index (χ3n) is 4.44. The fourth-order valence-electron chi connectivity index (χ4n) is 3.39. The minimum Gasteiger partial charge on any atom is -0.317 e. The van der Waals surface area contributed by atoms with Crippen molar-refractivity contribution in [3.63, 3.8) is 0 Å². The van der Waals surface area contributed by atoms with E-state index in [9.17, 15) is 13.2 Å². The van der Waals surface area contributed by atoms with Crippen molar-refractivity contribution in [1.82, 2.24) is 10.2 Å². The molecule has 2 fully saturated rings. The van der Waals surface area contributed by atoms with Gasteiger partial charge in [0.2, 0.25) is 0 Å². The zero-order valence-corrected chi connectivity index (χ0v) is 11.3. The Bertz CT molecular complexity index is 470. The van der Waals surface area contributed by atoms with Crippen molar-refractivity contribution in [1.29, 1.82) is 0 Å². The Labute approximate surface area is 117 Å². The first-order valence-electron chi connectivity index (χ1n) is 7.06. The van der Waals surface area contributed by atoms with Crippen molar-refractivity contribution < 1.29 is 13.2 Å². The number of nitrogens with zero attached hydrogens (tertiary/aromatic N) is 1. The Morgan fingerprint density at radius 1 is 1.15 bits per heavy atom. The Hall–Kier alpha value is -1.07. The van der Waals surface area contributed by atoms with E-state index in [2.05, 4.69) is 10.2 Å². The smallest absolute Gasteiger partial charge is 0.317 e. The van der Waals surface area contributed by atoms with Crippen LogP contribution in [0.15, 0.2) is 24.3 Å². The Morgan fingerprint density at radius 3 is 2.50 bits per heavy atom. The lowest BCUT2D eigenvalue weighted by Crippen LogP contribution is -2.59. The van der Waals surface area contributed by atoms with Crippen molar-refractivity contribution in [2.45, 2.75) is 25.6 Å². The van der Waals surface area contributed by atoms with Crippen LogP contribution in [-0.2, 0) is 12.7 Å². The second-order valence-corrected chi connectivity index (χ2v) is 6.09. The van der Waals surface area contributed by atoms with Gasteiger partial charge in [0, 0.05) is 19.6 Å². The van der Waals surface area contributed by atoms with E-state index in [4.69, 9.17) is 0 Å². The molecular weight excluding hydrogens is 265 g/mol. The van der Waals surface area contributed by atoms with Crippen molar-refractivity contribution in [2.75, 3.05) is 26.2 Å². The summed E-state index contributed by atoms with van der Waals surface area (Å²) in [5.74, 6) is 0. The number of alkyl halides is 3. The van der Waals surface area contributed by atoms with Gasteiger partial charge in [-0.1, -0.05) is 18.2 Å². The monoisotopic (exact) mass is 284 g/mol. The van der Waals surface area contributed by atoms with Gasteiger partial charge in [-0.15, -0.1) is 0 Å². The predicted octanol–water partition coefficient (Wildman–Crippen LogP) is 2.89. The number of nitrogens with one attached hydrogen (secondary N) is 1. The SMILES string of the molecule is FC(F)(F)c1cccc(CN2CC3(CCNCC3)C2)c1. The summed E-state index contributed by atoms with van der Waals surface area (Å²) in [5, 5.41) is 3.35. The molecule has 2 aliphatic rings. The minimum absolute atomic E-state index is 0.423. The van der Waals surface area contributed by atoms with Crippen LogP contribution < -0.4 is 5.32 Å². The molecule has 110 valence electrons. The number of hydrogen-bond acceptors (Lipinski definition) is 2. The third kappa shape index (κ3) is 2.83. The van der Waals surface area contributed by atoms with Gasteiger partial charge in [0.25, 0.3) is 0 Å². The summed E-state index contributed by atoms with van der Waals surface area (Å²) >= 11 is 0. The molecule has 0 aromatic heterocycles. The van der Waals surface area contributed by atoms with Gasteiger partial charge >= 0.3 is 6.18 Å². The lowest BCUT2D eigenvalue weighted by molar-refractivity contribution is -0.137. The van der Waals surface area contributed by atoms with Crippen LogP contribution in [0.4, 0.5) is 13.2 Å². The molecule has 0 unspecified atom stereocenters. The van der Waals surface area contributed by atoms with E-state index in [1.165, 1.54) is 25.0 Å². The fourth-order valence-corrected chi connectivity index (χ4v) is 3.39.